The molecule has 18 heavy (non-hydrogen) atoms. The van der Waals surface area contributed by atoms with Crippen LogP contribution in [0.4, 0.5) is 4.39 Å². The van der Waals surface area contributed by atoms with Gasteiger partial charge in [0, 0.05) is 31.0 Å². The molecular formula is C13H14FN3O. The van der Waals surface area contributed by atoms with Gasteiger partial charge in [-0.25, -0.2) is 4.39 Å². The fourth-order valence-corrected chi connectivity index (χ4v) is 1.53. The first-order chi connectivity index (χ1) is 8.65. The van der Waals surface area contributed by atoms with E-state index in [1.54, 1.807) is 12.4 Å². The number of nitrogens with zero attached hydrogens (tertiary/aromatic N) is 2. The highest BCUT2D eigenvalue weighted by Crippen LogP contribution is 2.17. The molecule has 0 atom stereocenters. The van der Waals surface area contributed by atoms with Crippen LogP contribution in [-0.2, 0) is 13.1 Å². The second-order valence-electron chi connectivity index (χ2n) is 4.03. The van der Waals surface area contributed by atoms with Crippen LogP contribution in [0.25, 0.3) is 0 Å². The molecule has 2 N–H and O–H groups in total. The van der Waals surface area contributed by atoms with Gasteiger partial charge >= 0.3 is 0 Å². The van der Waals surface area contributed by atoms with Crippen molar-refractivity contribution < 1.29 is 9.50 Å². The summed E-state index contributed by atoms with van der Waals surface area (Å²) >= 11 is 0. The number of phenolic OH excluding ortho intramolecular Hbond substituents is 1. The van der Waals surface area contributed by atoms with Gasteiger partial charge in [0.1, 0.15) is 11.6 Å². The lowest BCUT2D eigenvalue weighted by Crippen LogP contribution is -2.14. The molecule has 0 amide bonds. The van der Waals surface area contributed by atoms with Crippen molar-refractivity contribution >= 4 is 0 Å². The summed E-state index contributed by atoms with van der Waals surface area (Å²) in [5.41, 5.74) is 2.19. The summed E-state index contributed by atoms with van der Waals surface area (Å²) in [6, 6.07) is 3.88. The topological polar surface area (TPSA) is 58.0 Å². The number of halogens is 1. The zero-order chi connectivity index (χ0) is 13.0. The SMILES string of the molecule is Cc1cnc(CNCc2cc(F)ccc2O)cn1. The Morgan fingerprint density at radius 2 is 2.06 bits per heavy atom. The van der Waals surface area contributed by atoms with E-state index in [1.807, 2.05) is 6.92 Å². The third-order valence-corrected chi connectivity index (χ3v) is 2.50. The number of hydrogen-bond acceptors (Lipinski definition) is 4. The normalized spacial score (nSPS) is 10.6. The highest BCUT2D eigenvalue weighted by Gasteiger charge is 2.03. The molecule has 1 heterocycles. The molecule has 0 saturated heterocycles. The van der Waals surface area contributed by atoms with E-state index in [4.69, 9.17) is 0 Å². The highest BCUT2D eigenvalue weighted by atomic mass is 19.1. The molecule has 94 valence electrons. The third kappa shape index (κ3) is 3.24. The molecule has 2 rings (SSSR count). The van der Waals surface area contributed by atoms with Crippen molar-refractivity contribution in [3.05, 3.63) is 53.4 Å². The first-order valence-corrected chi connectivity index (χ1v) is 5.61. The Labute approximate surface area is 105 Å². The van der Waals surface area contributed by atoms with E-state index < -0.39 is 0 Å². The van der Waals surface area contributed by atoms with E-state index in [0.29, 0.717) is 18.7 Å². The first kappa shape index (κ1) is 12.4. The fraction of sp³-hybridized carbons (Fsp3) is 0.231. The largest absolute Gasteiger partial charge is 0.508 e. The van der Waals surface area contributed by atoms with Gasteiger partial charge in [-0.1, -0.05) is 0 Å². The van der Waals surface area contributed by atoms with Gasteiger partial charge in [0.2, 0.25) is 0 Å². The molecule has 4 nitrogen and oxygen atoms in total. The molecule has 5 heteroatoms. The lowest BCUT2D eigenvalue weighted by Gasteiger charge is -2.06. The molecular weight excluding hydrogens is 233 g/mol. The molecule has 0 fully saturated rings. The van der Waals surface area contributed by atoms with Crippen molar-refractivity contribution in [2.24, 2.45) is 0 Å². The average molecular weight is 247 g/mol. The standard InChI is InChI=1S/C13H14FN3O/c1-9-5-17-12(8-16-9)7-15-6-10-4-11(14)2-3-13(10)18/h2-5,8,15,18H,6-7H2,1H3. The van der Waals surface area contributed by atoms with Gasteiger partial charge in [-0.15, -0.1) is 0 Å². The summed E-state index contributed by atoms with van der Waals surface area (Å²) in [6.07, 6.45) is 3.38. The van der Waals surface area contributed by atoms with Crippen molar-refractivity contribution in [3.8, 4) is 5.75 Å². The Kier molecular flexibility index (Phi) is 3.84. The lowest BCUT2D eigenvalue weighted by molar-refractivity contribution is 0.461. The molecule has 0 aliphatic rings. The molecule has 0 aliphatic heterocycles. The fourth-order valence-electron chi connectivity index (χ4n) is 1.53. The van der Waals surface area contributed by atoms with Crippen LogP contribution in [-0.4, -0.2) is 15.1 Å². The van der Waals surface area contributed by atoms with Crippen molar-refractivity contribution in [2.75, 3.05) is 0 Å². The van der Waals surface area contributed by atoms with Crippen LogP contribution in [0.1, 0.15) is 17.0 Å². The number of rotatable bonds is 4. The number of aromatic hydroxyl groups is 1. The summed E-state index contributed by atoms with van der Waals surface area (Å²) in [5, 5.41) is 12.6. The molecule has 0 unspecified atom stereocenters. The first-order valence-electron chi connectivity index (χ1n) is 5.61. The maximum atomic E-state index is 13.0. The zero-order valence-electron chi connectivity index (χ0n) is 10.0. The molecule has 2 aromatic rings. The maximum absolute atomic E-state index is 13.0. The Hall–Kier alpha value is -2.01. The maximum Gasteiger partial charge on any atom is 0.123 e. The number of aromatic nitrogens is 2. The Bertz CT molecular complexity index is 528. The Balaban J connectivity index is 1.92. The number of phenols is 1. The lowest BCUT2D eigenvalue weighted by atomic mass is 10.2. The van der Waals surface area contributed by atoms with Crippen LogP contribution < -0.4 is 5.32 Å². The zero-order valence-corrected chi connectivity index (χ0v) is 10.0. The van der Waals surface area contributed by atoms with Crippen molar-refractivity contribution in [2.45, 2.75) is 20.0 Å². The van der Waals surface area contributed by atoms with Gasteiger partial charge in [0.15, 0.2) is 0 Å². The minimum absolute atomic E-state index is 0.0823. The van der Waals surface area contributed by atoms with Gasteiger partial charge in [0.05, 0.1) is 11.4 Å². The van der Waals surface area contributed by atoms with Gasteiger partial charge in [-0.2, -0.15) is 0 Å². The van der Waals surface area contributed by atoms with E-state index in [1.165, 1.54) is 18.2 Å². The van der Waals surface area contributed by atoms with Crippen molar-refractivity contribution in [3.63, 3.8) is 0 Å². The minimum atomic E-state index is -0.361. The minimum Gasteiger partial charge on any atom is -0.508 e. The average Bonchev–Trinajstić information content (AvgIpc) is 2.36. The van der Waals surface area contributed by atoms with E-state index in [-0.39, 0.29) is 11.6 Å². The van der Waals surface area contributed by atoms with Gasteiger partial charge < -0.3 is 10.4 Å². The molecule has 0 radical (unpaired) electrons. The second kappa shape index (κ2) is 5.55. The van der Waals surface area contributed by atoms with Crippen LogP contribution in [0, 0.1) is 12.7 Å². The second-order valence-corrected chi connectivity index (χ2v) is 4.03. The van der Waals surface area contributed by atoms with Gasteiger partial charge in [0.25, 0.3) is 0 Å². The van der Waals surface area contributed by atoms with Crippen LogP contribution in [0.3, 0.4) is 0 Å². The molecule has 0 bridgehead atoms. The predicted octanol–water partition coefficient (Wildman–Crippen LogP) is 1.92. The summed E-state index contributed by atoms with van der Waals surface area (Å²) in [6.45, 7) is 2.76. The molecule has 0 spiro atoms. The number of nitrogens with one attached hydrogen (secondary N) is 1. The summed E-state index contributed by atoms with van der Waals surface area (Å²) in [4.78, 5) is 8.31. The molecule has 1 aromatic heterocycles. The van der Waals surface area contributed by atoms with Gasteiger partial charge in [-0.05, 0) is 25.1 Å². The van der Waals surface area contributed by atoms with Gasteiger partial charge in [-0.3, -0.25) is 9.97 Å². The Morgan fingerprint density at radius 3 is 2.78 bits per heavy atom. The predicted molar refractivity (Wildman–Crippen MR) is 65.4 cm³/mol. The van der Waals surface area contributed by atoms with Crippen LogP contribution in [0.15, 0.2) is 30.6 Å². The smallest absolute Gasteiger partial charge is 0.123 e. The number of hydrogen-bond donors (Lipinski definition) is 2. The van der Waals surface area contributed by atoms with E-state index in [2.05, 4.69) is 15.3 Å². The molecule has 0 saturated carbocycles. The van der Waals surface area contributed by atoms with Crippen LogP contribution >= 0.6 is 0 Å². The summed E-state index contributed by atoms with van der Waals surface area (Å²) in [7, 11) is 0. The van der Waals surface area contributed by atoms with Crippen molar-refractivity contribution in [1.29, 1.82) is 0 Å². The molecule has 0 aliphatic carbocycles. The number of benzene rings is 1. The van der Waals surface area contributed by atoms with E-state index >= 15 is 0 Å². The Morgan fingerprint density at radius 1 is 1.22 bits per heavy atom. The number of aryl methyl sites for hydroxylation is 1. The molecule has 1 aromatic carbocycles. The highest BCUT2D eigenvalue weighted by molar-refractivity contribution is 5.32. The van der Waals surface area contributed by atoms with Crippen LogP contribution in [0.2, 0.25) is 0 Å². The summed E-state index contributed by atoms with van der Waals surface area (Å²) < 4.78 is 13.0. The van der Waals surface area contributed by atoms with E-state index in [0.717, 1.165) is 11.4 Å². The van der Waals surface area contributed by atoms with E-state index in [9.17, 15) is 9.50 Å². The van der Waals surface area contributed by atoms with Crippen molar-refractivity contribution in [1.82, 2.24) is 15.3 Å². The third-order valence-electron chi connectivity index (χ3n) is 2.50. The van der Waals surface area contributed by atoms with Crippen LogP contribution in [0.5, 0.6) is 5.75 Å². The monoisotopic (exact) mass is 247 g/mol. The quantitative estimate of drug-likeness (QED) is 0.866. The summed E-state index contributed by atoms with van der Waals surface area (Å²) in [5.74, 6) is -0.279.